The van der Waals surface area contributed by atoms with E-state index in [1.165, 1.54) is 23.3 Å². The van der Waals surface area contributed by atoms with Gasteiger partial charge >= 0.3 is 6.36 Å². The summed E-state index contributed by atoms with van der Waals surface area (Å²) in [6.07, 6.45) is 6.80. The minimum absolute atomic E-state index is 0.0400. The van der Waals surface area contributed by atoms with Gasteiger partial charge in [0.25, 0.3) is 0 Å². The van der Waals surface area contributed by atoms with Crippen molar-refractivity contribution in [2.24, 2.45) is 16.0 Å². The number of para-hydroxylation sites is 1. The van der Waals surface area contributed by atoms with E-state index < -0.39 is 6.36 Å². The molecule has 0 amide bonds. The number of nitrogens with one attached hydrogen (secondary N) is 2. The molecule has 1 aliphatic heterocycles. The Kier molecular flexibility index (Phi) is 7.56. The lowest BCUT2D eigenvalue weighted by atomic mass is 9.77. The number of benzene rings is 2. The fraction of sp³-hybridized carbons (Fsp3) is 0.276. The Morgan fingerprint density at radius 3 is 2.67 bits per heavy atom. The molecular formula is C29H28F3N5OS. The molecule has 0 radical (unpaired) electrons. The fourth-order valence-electron chi connectivity index (χ4n) is 5.05. The summed E-state index contributed by atoms with van der Waals surface area (Å²) in [5.41, 5.74) is 9.05. The van der Waals surface area contributed by atoms with Gasteiger partial charge in [-0.1, -0.05) is 44.2 Å². The minimum Gasteiger partial charge on any atom is -0.406 e. The summed E-state index contributed by atoms with van der Waals surface area (Å²) >= 11 is 5.42. The highest BCUT2D eigenvalue weighted by atomic mass is 32.1. The summed E-state index contributed by atoms with van der Waals surface area (Å²) in [6, 6.07) is 13.8. The summed E-state index contributed by atoms with van der Waals surface area (Å²) in [5, 5.41) is 7.99. The van der Waals surface area contributed by atoms with Crippen LogP contribution in [0.3, 0.4) is 0 Å². The Hall–Kier alpha value is -3.92. The van der Waals surface area contributed by atoms with Crippen molar-refractivity contribution in [1.29, 1.82) is 0 Å². The molecule has 2 aromatic rings. The second-order valence-electron chi connectivity index (χ2n) is 9.81. The predicted octanol–water partition coefficient (Wildman–Crippen LogP) is 7.06. The zero-order chi connectivity index (χ0) is 27.6. The van der Waals surface area contributed by atoms with E-state index in [-0.39, 0.29) is 17.7 Å². The number of fused-ring (bicyclic) bond motifs is 3. The number of nitrogens with zero attached hydrogens (tertiary/aromatic N) is 3. The normalized spacial score (nSPS) is 20.3. The number of hydrazone groups is 1. The highest BCUT2D eigenvalue weighted by molar-refractivity contribution is 7.80. The molecule has 2 aromatic carbocycles. The number of aliphatic imine (C=N–C) groups is 1. The molecule has 2 aliphatic carbocycles. The maximum Gasteiger partial charge on any atom is 0.573 e. The van der Waals surface area contributed by atoms with Crippen molar-refractivity contribution in [3.63, 3.8) is 0 Å². The second kappa shape index (κ2) is 11.1. The Labute approximate surface area is 230 Å². The third-order valence-electron chi connectivity index (χ3n) is 6.85. The zero-order valence-electron chi connectivity index (χ0n) is 21.4. The van der Waals surface area contributed by atoms with Crippen molar-refractivity contribution in [3.8, 4) is 5.75 Å². The number of halogens is 3. The van der Waals surface area contributed by atoms with Crippen LogP contribution >= 0.6 is 12.2 Å². The molecule has 0 fully saturated rings. The van der Waals surface area contributed by atoms with Gasteiger partial charge in [-0.25, -0.2) is 0 Å². The second-order valence-corrected chi connectivity index (χ2v) is 10.2. The first kappa shape index (κ1) is 26.7. The number of hydrogen-bond donors (Lipinski definition) is 2. The molecule has 0 spiro atoms. The number of alkyl halides is 3. The average Bonchev–Trinajstić information content (AvgIpc) is 3.33. The van der Waals surface area contributed by atoms with Gasteiger partial charge in [-0.15, -0.1) is 13.2 Å². The fourth-order valence-corrected chi connectivity index (χ4v) is 5.22. The maximum atomic E-state index is 12.5. The van der Waals surface area contributed by atoms with Crippen molar-refractivity contribution >= 4 is 41.3 Å². The SMILES string of the molecule is CC(C)c1ccccc1NC(=S)NN=CC1=CC2=CC=C3C(N=CN3c3ccc(OC(F)(F)F)cc3)C2CC1. The summed E-state index contributed by atoms with van der Waals surface area (Å²) in [6.45, 7) is 4.28. The standard InChI is InChI=1S/C29H28F3N5OS/c1-18(2)23-5-3-4-6-25(23)35-28(39)36-34-16-19-7-13-24-20(15-19)8-14-26-27(24)33-17-37(26)21-9-11-22(12-10-21)38-29(30,31)32/h3-6,8-12,14-18,24,27H,7,13H2,1-2H3,(H2,35,36,39). The van der Waals surface area contributed by atoms with Crippen LogP contribution in [0.25, 0.3) is 0 Å². The topological polar surface area (TPSA) is 61.2 Å². The van der Waals surface area contributed by atoms with E-state index in [2.05, 4.69) is 52.6 Å². The Morgan fingerprint density at radius 1 is 1.15 bits per heavy atom. The molecule has 0 saturated heterocycles. The van der Waals surface area contributed by atoms with Gasteiger partial charge in [0.15, 0.2) is 5.11 Å². The molecule has 202 valence electrons. The molecule has 5 rings (SSSR count). The smallest absolute Gasteiger partial charge is 0.406 e. The third-order valence-corrected chi connectivity index (χ3v) is 7.05. The molecular weight excluding hydrogens is 523 g/mol. The third kappa shape index (κ3) is 6.22. The highest BCUT2D eigenvalue weighted by Crippen LogP contribution is 2.41. The van der Waals surface area contributed by atoms with E-state index in [1.807, 2.05) is 29.2 Å². The summed E-state index contributed by atoms with van der Waals surface area (Å²) in [4.78, 5) is 6.64. The largest absolute Gasteiger partial charge is 0.573 e. The Bertz CT molecular complexity index is 1390. The maximum absolute atomic E-state index is 12.5. The molecule has 6 nitrogen and oxygen atoms in total. The molecule has 0 aromatic heterocycles. The lowest BCUT2D eigenvalue weighted by Crippen LogP contribution is -2.30. The van der Waals surface area contributed by atoms with Gasteiger partial charge in [0.1, 0.15) is 5.75 Å². The van der Waals surface area contributed by atoms with Crippen LogP contribution in [0.5, 0.6) is 5.75 Å². The first-order valence-electron chi connectivity index (χ1n) is 12.7. The first-order chi connectivity index (χ1) is 18.7. The molecule has 0 bridgehead atoms. The minimum atomic E-state index is -4.72. The van der Waals surface area contributed by atoms with E-state index in [0.29, 0.717) is 11.0 Å². The van der Waals surface area contributed by atoms with Crippen LogP contribution in [-0.4, -0.2) is 30.1 Å². The highest BCUT2D eigenvalue weighted by Gasteiger charge is 2.37. The average molecular weight is 552 g/mol. The van der Waals surface area contributed by atoms with Crippen LogP contribution in [-0.2, 0) is 0 Å². The van der Waals surface area contributed by atoms with Crippen molar-refractivity contribution in [2.75, 3.05) is 10.2 Å². The lowest BCUT2D eigenvalue weighted by molar-refractivity contribution is -0.274. The number of thiocarbonyl (C=S) groups is 1. The summed E-state index contributed by atoms with van der Waals surface area (Å²) in [5.74, 6) is 0.338. The van der Waals surface area contributed by atoms with Gasteiger partial charge in [0.05, 0.1) is 18.6 Å². The van der Waals surface area contributed by atoms with E-state index in [4.69, 9.17) is 17.2 Å². The molecule has 2 atom stereocenters. The van der Waals surface area contributed by atoms with Crippen LogP contribution in [0.15, 0.2) is 93.7 Å². The van der Waals surface area contributed by atoms with Crippen LogP contribution in [0, 0.1) is 5.92 Å². The van der Waals surface area contributed by atoms with Crippen molar-refractivity contribution in [1.82, 2.24) is 5.43 Å². The number of hydrogen-bond acceptors (Lipinski definition) is 5. The molecule has 2 N–H and O–H groups in total. The Balaban J connectivity index is 1.22. The van der Waals surface area contributed by atoms with Gasteiger partial charge in [-0.3, -0.25) is 10.4 Å². The summed E-state index contributed by atoms with van der Waals surface area (Å²) < 4.78 is 41.4. The van der Waals surface area contributed by atoms with Crippen LogP contribution in [0.4, 0.5) is 24.5 Å². The van der Waals surface area contributed by atoms with Gasteiger partial charge in [0, 0.05) is 23.0 Å². The first-order valence-corrected chi connectivity index (χ1v) is 13.1. The van der Waals surface area contributed by atoms with Gasteiger partial charge in [-0.2, -0.15) is 5.10 Å². The van der Waals surface area contributed by atoms with E-state index >= 15 is 0 Å². The van der Waals surface area contributed by atoms with Crippen molar-refractivity contribution in [3.05, 3.63) is 89.2 Å². The zero-order valence-corrected chi connectivity index (χ0v) is 22.3. The molecule has 2 unspecified atom stereocenters. The van der Waals surface area contributed by atoms with Gasteiger partial charge in [0.2, 0.25) is 0 Å². The summed E-state index contributed by atoms with van der Waals surface area (Å²) in [7, 11) is 0. The number of anilines is 2. The van der Waals surface area contributed by atoms with Crippen molar-refractivity contribution in [2.45, 2.75) is 45.0 Å². The molecule has 1 heterocycles. The number of allylic oxidation sites excluding steroid dienone is 4. The van der Waals surface area contributed by atoms with Crippen LogP contribution < -0.4 is 20.4 Å². The predicted molar refractivity (Wildman–Crippen MR) is 153 cm³/mol. The van der Waals surface area contributed by atoms with Gasteiger partial charge in [-0.05, 0) is 84.1 Å². The number of rotatable bonds is 6. The van der Waals surface area contributed by atoms with Gasteiger partial charge < -0.3 is 15.0 Å². The lowest BCUT2D eigenvalue weighted by Gasteiger charge is -2.32. The van der Waals surface area contributed by atoms with E-state index in [1.54, 1.807) is 24.7 Å². The molecule has 3 aliphatic rings. The van der Waals surface area contributed by atoms with Crippen LogP contribution in [0.1, 0.15) is 38.2 Å². The quantitative estimate of drug-likeness (QED) is 0.229. The van der Waals surface area contributed by atoms with E-state index in [9.17, 15) is 13.2 Å². The molecule has 10 heteroatoms. The van der Waals surface area contributed by atoms with Crippen LogP contribution in [0.2, 0.25) is 0 Å². The number of ether oxygens (including phenoxy) is 1. The molecule has 0 saturated carbocycles. The van der Waals surface area contributed by atoms with Crippen molar-refractivity contribution < 1.29 is 17.9 Å². The monoisotopic (exact) mass is 551 g/mol. The van der Waals surface area contributed by atoms with E-state index in [0.717, 1.165) is 35.5 Å². The molecule has 39 heavy (non-hydrogen) atoms. The Morgan fingerprint density at radius 2 is 1.92 bits per heavy atom.